The standard InChI is InChI=1S/C43H46N4O6/c1-43(2,3)53-41(50)38-13-8-22-47(38)26-33-23-39(30-16-14-28(27-48)15-17-30)52-42(51-33)31-20-18-29(19-21-31)34-10-5-4-9-32(34)24-45-40(49)37-25-44-35-11-6-7-12-36(35)46-37/h4-7,9-12,14-21,25,33,38-39,42,48H,8,13,22-24,26-27H2,1-3H3,(H,45,49)/t33-,38-,39+,42+/m0/s1. The summed E-state index contributed by atoms with van der Waals surface area (Å²) in [6.45, 7) is 7.36. The molecule has 5 aromatic rings. The van der Waals surface area contributed by atoms with Crippen molar-refractivity contribution in [3.05, 3.63) is 131 Å². The number of aliphatic hydroxyl groups excluding tert-OH is 1. The average Bonchev–Trinajstić information content (AvgIpc) is 3.64. The molecule has 4 aromatic carbocycles. The van der Waals surface area contributed by atoms with Crippen LogP contribution in [0.4, 0.5) is 0 Å². The van der Waals surface area contributed by atoms with Crippen molar-refractivity contribution >= 4 is 22.9 Å². The molecule has 0 unspecified atom stereocenters. The van der Waals surface area contributed by atoms with Crippen molar-refractivity contribution in [2.24, 2.45) is 0 Å². The van der Waals surface area contributed by atoms with E-state index in [1.54, 1.807) is 0 Å². The minimum Gasteiger partial charge on any atom is -0.459 e. The number of likely N-dealkylation sites (tertiary alicyclic amines) is 1. The van der Waals surface area contributed by atoms with Crippen LogP contribution in [-0.4, -0.2) is 62.7 Å². The van der Waals surface area contributed by atoms with Crippen LogP contribution in [0, 0.1) is 0 Å². The molecule has 1 amide bonds. The van der Waals surface area contributed by atoms with E-state index in [0.29, 0.717) is 25.0 Å². The van der Waals surface area contributed by atoms with Gasteiger partial charge in [-0.25, -0.2) is 4.98 Å². The molecule has 1 aromatic heterocycles. The summed E-state index contributed by atoms with van der Waals surface area (Å²) >= 11 is 0. The first kappa shape index (κ1) is 36.4. The molecular weight excluding hydrogens is 668 g/mol. The molecule has 0 saturated carbocycles. The Balaban J connectivity index is 1.07. The lowest BCUT2D eigenvalue weighted by atomic mass is 9.97. The minimum absolute atomic E-state index is 0.0256. The Morgan fingerprint density at radius 3 is 2.38 bits per heavy atom. The summed E-state index contributed by atoms with van der Waals surface area (Å²) in [7, 11) is 0. The van der Waals surface area contributed by atoms with Crippen LogP contribution in [0.1, 0.15) is 85.2 Å². The van der Waals surface area contributed by atoms with Crippen LogP contribution >= 0.6 is 0 Å². The second-order valence-corrected chi connectivity index (χ2v) is 14.7. The number of amides is 1. The van der Waals surface area contributed by atoms with E-state index in [0.717, 1.165) is 58.3 Å². The van der Waals surface area contributed by atoms with E-state index in [4.69, 9.17) is 14.2 Å². The van der Waals surface area contributed by atoms with Gasteiger partial charge in [-0.15, -0.1) is 0 Å². The smallest absolute Gasteiger partial charge is 0.323 e. The fourth-order valence-electron chi connectivity index (χ4n) is 7.08. The predicted molar refractivity (Wildman–Crippen MR) is 201 cm³/mol. The SMILES string of the molecule is CC(C)(C)OC(=O)[C@@H]1CCCN1C[C@@H]1C[C@H](c2ccc(CO)cc2)O[C@H](c2ccc(-c3ccccc3CNC(=O)c3cnc4ccccc4n3)cc2)O1. The number of nitrogens with one attached hydrogen (secondary N) is 1. The van der Waals surface area contributed by atoms with Crippen LogP contribution in [0.15, 0.2) is 103 Å². The highest BCUT2D eigenvalue weighted by atomic mass is 16.7. The summed E-state index contributed by atoms with van der Waals surface area (Å²) in [5.74, 6) is -0.478. The number of ether oxygens (including phenoxy) is 3. The highest BCUT2D eigenvalue weighted by Crippen LogP contribution is 2.39. The third-order valence-electron chi connectivity index (χ3n) is 9.73. The first-order valence-electron chi connectivity index (χ1n) is 18.3. The number of carbonyl (C=O) groups is 2. The molecule has 10 heteroatoms. The molecule has 7 rings (SSSR count). The number of nitrogens with zero attached hydrogens (tertiary/aromatic N) is 3. The lowest BCUT2D eigenvalue weighted by Gasteiger charge is -2.38. The van der Waals surface area contributed by atoms with E-state index >= 15 is 0 Å². The molecule has 0 radical (unpaired) electrons. The van der Waals surface area contributed by atoms with Crippen LogP contribution in [0.3, 0.4) is 0 Å². The molecule has 0 bridgehead atoms. The number of rotatable bonds is 10. The maximum atomic E-state index is 13.1. The van der Waals surface area contributed by atoms with Gasteiger partial charge in [0.1, 0.15) is 17.3 Å². The highest BCUT2D eigenvalue weighted by Gasteiger charge is 2.39. The fraction of sp³-hybridized carbons (Fsp3) is 0.349. The van der Waals surface area contributed by atoms with Crippen LogP contribution < -0.4 is 5.32 Å². The Hall–Kier alpha value is -5.00. The average molecular weight is 715 g/mol. The summed E-state index contributed by atoms with van der Waals surface area (Å²) in [5, 5.41) is 12.6. The van der Waals surface area contributed by atoms with Crippen LogP contribution in [0.5, 0.6) is 0 Å². The van der Waals surface area contributed by atoms with Gasteiger partial charge < -0.3 is 24.6 Å². The monoisotopic (exact) mass is 714 g/mol. The molecule has 4 atom stereocenters. The third kappa shape index (κ3) is 8.80. The lowest BCUT2D eigenvalue weighted by molar-refractivity contribution is -0.253. The van der Waals surface area contributed by atoms with Gasteiger partial charge in [0.05, 0.1) is 36.0 Å². The van der Waals surface area contributed by atoms with E-state index in [-0.39, 0.29) is 42.4 Å². The summed E-state index contributed by atoms with van der Waals surface area (Å²) in [6.07, 6.45) is 2.73. The number of carbonyl (C=O) groups excluding carboxylic acids is 2. The summed E-state index contributed by atoms with van der Waals surface area (Å²) in [5.41, 5.74) is 6.80. The predicted octanol–water partition coefficient (Wildman–Crippen LogP) is 7.07. The van der Waals surface area contributed by atoms with Crippen molar-refractivity contribution in [3.63, 3.8) is 0 Å². The van der Waals surface area contributed by atoms with Crippen LogP contribution in [-0.2, 0) is 32.2 Å². The molecule has 2 aliphatic heterocycles. The maximum absolute atomic E-state index is 13.1. The van der Waals surface area contributed by atoms with Gasteiger partial charge in [-0.1, -0.05) is 84.9 Å². The van der Waals surface area contributed by atoms with Gasteiger partial charge in [0.15, 0.2) is 6.29 Å². The number of aliphatic hydroxyl groups is 1. The van der Waals surface area contributed by atoms with Gasteiger partial charge in [-0.2, -0.15) is 0 Å². The molecular formula is C43H46N4O6. The number of benzene rings is 4. The zero-order chi connectivity index (χ0) is 37.0. The topological polar surface area (TPSA) is 123 Å². The van der Waals surface area contributed by atoms with E-state index in [9.17, 15) is 14.7 Å². The van der Waals surface area contributed by atoms with E-state index < -0.39 is 11.9 Å². The Bertz CT molecular complexity index is 2050. The quantitative estimate of drug-likeness (QED) is 0.146. The van der Waals surface area contributed by atoms with Gasteiger partial charge in [0.25, 0.3) is 5.91 Å². The summed E-state index contributed by atoms with van der Waals surface area (Å²) in [6, 6.07) is 31.1. The van der Waals surface area contributed by atoms with Crippen molar-refractivity contribution in [3.8, 4) is 11.1 Å². The van der Waals surface area contributed by atoms with Crippen LogP contribution in [0.25, 0.3) is 22.2 Å². The van der Waals surface area contributed by atoms with E-state index in [1.807, 2.05) is 118 Å². The molecule has 53 heavy (non-hydrogen) atoms. The van der Waals surface area contributed by atoms with Crippen molar-refractivity contribution in [1.82, 2.24) is 20.2 Å². The number of fused-ring (bicyclic) bond motifs is 1. The molecule has 2 saturated heterocycles. The second-order valence-electron chi connectivity index (χ2n) is 14.7. The zero-order valence-electron chi connectivity index (χ0n) is 30.4. The van der Waals surface area contributed by atoms with E-state index in [2.05, 4.69) is 20.2 Å². The Morgan fingerprint density at radius 2 is 1.62 bits per heavy atom. The summed E-state index contributed by atoms with van der Waals surface area (Å²) in [4.78, 5) is 37.2. The van der Waals surface area contributed by atoms with Gasteiger partial charge in [0.2, 0.25) is 0 Å². The minimum atomic E-state index is -0.634. The number of hydrogen-bond acceptors (Lipinski definition) is 9. The molecule has 2 N–H and O–H groups in total. The van der Waals surface area contributed by atoms with Gasteiger partial charge in [-0.3, -0.25) is 19.5 Å². The van der Waals surface area contributed by atoms with E-state index in [1.165, 1.54) is 6.20 Å². The van der Waals surface area contributed by atoms with Gasteiger partial charge in [-0.05, 0) is 80.1 Å². The Kier molecular flexibility index (Phi) is 10.9. The number of para-hydroxylation sites is 2. The zero-order valence-corrected chi connectivity index (χ0v) is 30.4. The Morgan fingerprint density at radius 1 is 0.906 bits per heavy atom. The highest BCUT2D eigenvalue weighted by molar-refractivity contribution is 5.93. The Labute approximate surface area is 310 Å². The first-order valence-corrected chi connectivity index (χ1v) is 18.3. The molecule has 10 nitrogen and oxygen atoms in total. The molecule has 0 spiro atoms. The lowest BCUT2D eigenvalue weighted by Crippen LogP contribution is -2.45. The number of aromatic nitrogens is 2. The van der Waals surface area contributed by atoms with Gasteiger partial charge >= 0.3 is 5.97 Å². The van der Waals surface area contributed by atoms with Crippen molar-refractivity contribution < 1.29 is 28.9 Å². The molecule has 2 aliphatic rings. The fourth-order valence-corrected chi connectivity index (χ4v) is 7.08. The third-order valence-corrected chi connectivity index (χ3v) is 9.73. The van der Waals surface area contributed by atoms with Crippen molar-refractivity contribution in [1.29, 1.82) is 0 Å². The maximum Gasteiger partial charge on any atom is 0.323 e. The normalized spacial score (nSPS) is 20.7. The largest absolute Gasteiger partial charge is 0.459 e. The number of esters is 1. The van der Waals surface area contributed by atoms with Crippen molar-refractivity contribution in [2.45, 2.75) is 83.3 Å². The van der Waals surface area contributed by atoms with Crippen molar-refractivity contribution in [2.75, 3.05) is 13.1 Å². The summed E-state index contributed by atoms with van der Waals surface area (Å²) < 4.78 is 19.0. The molecule has 0 aliphatic carbocycles. The van der Waals surface area contributed by atoms with Gasteiger partial charge in [0, 0.05) is 25.1 Å². The molecule has 3 heterocycles. The van der Waals surface area contributed by atoms with Crippen LogP contribution in [0.2, 0.25) is 0 Å². The number of hydrogen-bond donors (Lipinski definition) is 2. The molecule has 274 valence electrons. The second kappa shape index (κ2) is 15.9. The molecule has 2 fully saturated rings. The first-order chi connectivity index (χ1) is 25.6.